The normalized spacial score (nSPS) is 10.9. The minimum atomic E-state index is 0.116. The number of carbonyl (C=O) groups is 1. The van der Waals surface area contributed by atoms with E-state index in [2.05, 4.69) is 27.4 Å². The van der Waals surface area contributed by atoms with Crippen LogP contribution >= 0.6 is 11.3 Å². The lowest BCUT2D eigenvalue weighted by atomic mass is 10.1. The highest BCUT2D eigenvalue weighted by molar-refractivity contribution is 7.12. The van der Waals surface area contributed by atoms with Gasteiger partial charge in [-0.3, -0.25) is 14.7 Å². The molecule has 26 heavy (non-hydrogen) atoms. The zero-order chi connectivity index (χ0) is 18.4. The number of benzene rings is 1. The number of pyridine rings is 1. The Morgan fingerprint density at radius 2 is 1.92 bits per heavy atom. The summed E-state index contributed by atoms with van der Waals surface area (Å²) in [6, 6.07) is 14.1. The maximum atomic E-state index is 11.6. The van der Waals surface area contributed by atoms with Gasteiger partial charge in [0.2, 0.25) is 0 Å². The highest BCUT2D eigenvalue weighted by atomic mass is 32.1. The molecule has 0 saturated carbocycles. The summed E-state index contributed by atoms with van der Waals surface area (Å²) in [6.45, 7) is 3.90. The fraction of sp³-hybridized carbons (Fsp3) is 0.238. The summed E-state index contributed by atoms with van der Waals surface area (Å²) in [5, 5.41) is 2.06. The molecule has 3 rings (SSSR count). The van der Waals surface area contributed by atoms with E-state index in [9.17, 15) is 4.79 Å². The molecule has 0 aliphatic carbocycles. The van der Waals surface area contributed by atoms with Gasteiger partial charge in [0.25, 0.3) is 0 Å². The first-order valence-electron chi connectivity index (χ1n) is 8.47. The molecule has 0 unspecified atom stereocenters. The van der Waals surface area contributed by atoms with Crippen molar-refractivity contribution in [2.45, 2.75) is 26.6 Å². The topological polar surface area (TPSA) is 42.4 Å². The van der Waals surface area contributed by atoms with E-state index < -0.39 is 0 Å². The second-order valence-electron chi connectivity index (χ2n) is 6.19. The molecule has 0 radical (unpaired) electrons. The summed E-state index contributed by atoms with van der Waals surface area (Å²) >= 11 is 1.51. The molecule has 0 atom stereocenters. The lowest BCUT2D eigenvalue weighted by Crippen LogP contribution is -2.22. The van der Waals surface area contributed by atoms with Crippen molar-refractivity contribution in [2.75, 3.05) is 7.11 Å². The molecular weight excluding hydrogens is 344 g/mol. The molecule has 0 aliphatic heterocycles. The van der Waals surface area contributed by atoms with Crippen LogP contribution in [-0.4, -0.2) is 22.8 Å². The quantitative estimate of drug-likeness (QED) is 0.548. The summed E-state index contributed by atoms with van der Waals surface area (Å²) in [7, 11) is 1.70. The Balaban J connectivity index is 1.81. The number of methoxy groups -OCH3 is 1. The molecule has 1 aromatic carbocycles. The summed E-state index contributed by atoms with van der Waals surface area (Å²) in [6.07, 6.45) is 3.68. The molecule has 0 aliphatic rings. The van der Waals surface area contributed by atoms with E-state index in [0.717, 1.165) is 47.0 Å². The molecule has 5 heteroatoms. The summed E-state index contributed by atoms with van der Waals surface area (Å²) in [5.41, 5.74) is 3.45. The maximum Gasteiger partial charge on any atom is 0.169 e. The third-order valence-corrected chi connectivity index (χ3v) is 5.20. The zero-order valence-electron chi connectivity index (χ0n) is 15.0. The number of ketones is 1. The van der Waals surface area contributed by atoms with Gasteiger partial charge >= 0.3 is 0 Å². The number of Topliss-reactive ketones (excluding diaryl/α,β-unsaturated/α-hetero) is 1. The lowest BCUT2D eigenvalue weighted by molar-refractivity contribution is 0.102. The standard InChI is InChI=1S/C21H22N2O2S/c1-16(24)21-10-18(15-26-21)13-23(12-17-6-5-9-22-11-17)14-19-7-3-4-8-20(19)25-2/h3-11,15H,12-14H2,1-2H3. The van der Waals surface area contributed by atoms with Crippen LogP contribution in [-0.2, 0) is 19.6 Å². The largest absolute Gasteiger partial charge is 0.496 e. The number of hydrogen-bond donors (Lipinski definition) is 0. The van der Waals surface area contributed by atoms with E-state index in [4.69, 9.17) is 4.74 Å². The first-order valence-corrected chi connectivity index (χ1v) is 9.35. The third kappa shape index (κ3) is 4.77. The molecule has 0 spiro atoms. The van der Waals surface area contributed by atoms with Gasteiger partial charge in [-0.2, -0.15) is 0 Å². The summed E-state index contributed by atoms with van der Waals surface area (Å²) < 4.78 is 5.50. The van der Waals surface area contributed by atoms with Gasteiger partial charge in [-0.05, 0) is 41.6 Å². The van der Waals surface area contributed by atoms with E-state index in [1.807, 2.05) is 36.5 Å². The highest BCUT2D eigenvalue weighted by Crippen LogP contribution is 2.23. The van der Waals surface area contributed by atoms with E-state index in [0.29, 0.717) is 0 Å². The van der Waals surface area contributed by atoms with Crippen molar-refractivity contribution in [3.05, 3.63) is 81.8 Å². The van der Waals surface area contributed by atoms with Crippen LogP contribution in [0, 0.1) is 0 Å². The average Bonchev–Trinajstić information content (AvgIpc) is 3.12. The first kappa shape index (κ1) is 18.3. The van der Waals surface area contributed by atoms with Crippen LogP contribution in [0.3, 0.4) is 0 Å². The maximum absolute atomic E-state index is 11.6. The van der Waals surface area contributed by atoms with Gasteiger partial charge < -0.3 is 4.74 Å². The van der Waals surface area contributed by atoms with Gasteiger partial charge in [0.1, 0.15) is 5.75 Å². The number of carbonyl (C=O) groups excluding carboxylic acids is 1. The van der Waals surface area contributed by atoms with Gasteiger partial charge in [-0.25, -0.2) is 0 Å². The van der Waals surface area contributed by atoms with Crippen molar-refractivity contribution < 1.29 is 9.53 Å². The van der Waals surface area contributed by atoms with Crippen LogP contribution in [0.4, 0.5) is 0 Å². The number of thiophene rings is 1. The Bertz CT molecular complexity index is 861. The average molecular weight is 366 g/mol. The molecule has 134 valence electrons. The fourth-order valence-electron chi connectivity index (χ4n) is 2.89. The van der Waals surface area contributed by atoms with E-state index in [1.54, 1.807) is 20.2 Å². The van der Waals surface area contributed by atoms with Crippen molar-refractivity contribution in [3.63, 3.8) is 0 Å². The highest BCUT2D eigenvalue weighted by Gasteiger charge is 2.13. The van der Waals surface area contributed by atoms with Crippen molar-refractivity contribution in [2.24, 2.45) is 0 Å². The Morgan fingerprint density at radius 1 is 1.12 bits per heavy atom. The van der Waals surface area contributed by atoms with Gasteiger partial charge in [0.05, 0.1) is 12.0 Å². The first-order chi connectivity index (χ1) is 12.7. The van der Waals surface area contributed by atoms with Crippen LogP contribution < -0.4 is 4.74 Å². The smallest absolute Gasteiger partial charge is 0.169 e. The van der Waals surface area contributed by atoms with Crippen LogP contribution in [0.1, 0.15) is 33.3 Å². The zero-order valence-corrected chi connectivity index (χ0v) is 15.8. The van der Waals surface area contributed by atoms with Crippen LogP contribution in [0.5, 0.6) is 5.75 Å². The molecule has 0 N–H and O–H groups in total. The lowest BCUT2D eigenvalue weighted by Gasteiger charge is -2.23. The second-order valence-corrected chi connectivity index (χ2v) is 7.10. The fourth-order valence-corrected chi connectivity index (χ4v) is 3.70. The monoisotopic (exact) mass is 366 g/mol. The Kier molecular flexibility index (Phi) is 6.15. The molecule has 0 saturated heterocycles. The Labute approximate surface area is 158 Å². The van der Waals surface area contributed by atoms with Crippen molar-refractivity contribution in [3.8, 4) is 5.75 Å². The van der Waals surface area contributed by atoms with Gasteiger partial charge in [-0.1, -0.05) is 24.3 Å². The van der Waals surface area contributed by atoms with E-state index in [-0.39, 0.29) is 5.78 Å². The van der Waals surface area contributed by atoms with Crippen LogP contribution in [0.25, 0.3) is 0 Å². The van der Waals surface area contributed by atoms with Gasteiger partial charge in [0, 0.05) is 37.6 Å². The Hall–Kier alpha value is -2.50. The van der Waals surface area contributed by atoms with Crippen LogP contribution in [0.15, 0.2) is 60.2 Å². The SMILES string of the molecule is COc1ccccc1CN(Cc1cccnc1)Cc1csc(C(C)=O)c1. The third-order valence-electron chi connectivity index (χ3n) is 4.12. The van der Waals surface area contributed by atoms with Gasteiger partial charge in [-0.15, -0.1) is 11.3 Å². The number of ether oxygens (including phenoxy) is 1. The molecule has 0 fully saturated rings. The second kappa shape index (κ2) is 8.74. The van der Waals surface area contributed by atoms with Crippen molar-refractivity contribution in [1.29, 1.82) is 0 Å². The predicted octanol–water partition coefficient (Wildman–Crippen LogP) is 4.56. The number of rotatable bonds is 8. The minimum Gasteiger partial charge on any atom is -0.496 e. The number of nitrogens with zero attached hydrogens (tertiary/aromatic N) is 2. The minimum absolute atomic E-state index is 0.116. The molecular formula is C21H22N2O2S. The molecule has 3 aromatic rings. The number of para-hydroxylation sites is 1. The summed E-state index contributed by atoms with van der Waals surface area (Å²) in [5.74, 6) is 1.00. The van der Waals surface area contributed by atoms with Crippen LogP contribution in [0.2, 0.25) is 0 Å². The molecule has 2 heterocycles. The number of aromatic nitrogens is 1. The van der Waals surface area contributed by atoms with E-state index in [1.165, 1.54) is 11.3 Å². The summed E-state index contributed by atoms with van der Waals surface area (Å²) in [4.78, 5) is 18.9. The predicted molar refractivity (Wildman–Crippen MR) is 105 cm³/mol. The van der Waals surface area contributed by atoms with Gasteiger partial charge in [0.15, 0.2) is 5.78 Å². The Morgan fingerprint density at radius 3 is 2.62 bits per heavy atom. The van der Waals surface area contributed by atoms with Crippen molar-refractivity contribution in [1.82, 2.24) is 9.88 Å². The molecule has 0 amide bonds. The molecule has 2 aromatic heterocycles. The van der Waals surface area contributed by atoms with Crippen molar-refractivity contribution >= 4 is 17.1 Å². The van der Waals surface area contributed by atoms with E-state index >= 15 is 0 Å². The number of hydrogen-bond acceptors (Lipinski definition) is 5. The molecule has 0 bridgehead atoms. The molecule has 4 nitrogen and oxygen atoms in total.